The summed E-state index contributed by atoms with van der Waals surface area (Å²) in [5, 5.41) is 10.1. The van der Waals surface area contributed by atoms with Gasteiger partial charge in [-0.1, -0.05) is 0 Å². The molecule has 1 aromatic carbocycles. The topological polar surface area (TPSA) is 51.5 Å². The number of aromatic nitrogens is 1. The van der Waals surface area contributed by atoms with Gasteiger partial charge in [0.25, 0.3) is 12.3 Å². The first kappa shape index (κ1) is 19.3. The number of halogens is 5. The van der Waals surface area contributed by atoms with Gasteiger partial charge in [0.2, 0.25) is 0 Å². The summed E-state index contributed by atoms with van der Waals surface area (Å²) in [6, 6.07) is 2.91. The van der Waals surface area contributed by atoms with Gasteiger partial charge >= 0.3 is 5.97 Å². The highest BCUT2D eigenvalue weighted by atomic mass is 19.3. The number of rotatable bonds is 4. The van der Waals surface area contributed by atoms with Crippen molar-refractivity contribution >= 4 is 5.97 Å². The molecule has 2 aromatic rings. The van der Waals surface area contributed by atoms with E-state index in [-0.39, 0.29) is 35.5 Å². The smallest absolute Gasteiger partial charge is 0.340 e. The quantitative estimate of drug-likeness (QED) is 0.625. The van der Waals surface area contributed by atoms with Gasteiger partial charge in [-0.05, 0) is 31.5 Å². The molecule has 1 aromatic heterocycles. The monoisotopic (exact) mass is 389 g/mol. The Bertz CT molecular complexity index is 878. The molecule has 1 atom stereocenters. The van der Waals surface area contributed by atoms with E-state index in [4.69, 9.17) is 4.74 Å². The number of fused-ring (bicyclic) bond motifs is 1. The van der Waals surface area contributed by atoms with E-state index in [2.05, 4.69) is 0 Å². The van der Waals surface area contributed by atoms with E-state index < -0.39 is 42.2 Å². The zero-order valence-corrected chi connectivity index (χ0v) is 14.2. The lowest BCUT2D eigenvalue weighted by Crippen LogP contribution is -2.33. The zero-order chi connectivity index (χ0) is 19.9. The Labute approximate surface area is 151 Å². The summed E-state index contributed by atoms with van der Waals surface area (Å²) in [5.41, 5.74) is -1.19. The molecule has 0 bridgehead atoms. The molecule has 0 spiro atoms. The molecule has 9 heteroatoms. The van der Waals surface area contributed by atoms with E-state index >= 15 is 0 Å². The van der Waals surface area contributed by atoms with Crippen molar-refractivity contribution in [2.24, 2.45) is 0 Å². The fraction of sp³-hybridized carbons (Fsp3) is 0.389. The van der Waals surface area contributed by atoms with E-state index in [1.165, 1.54) is 17.6 Å². The molecule has 4 nitrogen and oxygen atoms in total. The molecule has 3 rings (SSSR count). The van der Waals surface area contributed by atoms with Gasteiger partial charge in [-0.3, -0.25) is 0 Å². The van der Waals surface area contributed by atoms with Gasteiger partial charge in [0.05, 0.1) is 17.7 Å². The molecule has 0 saturated carbocycles. The predicted octanol–water partition coefficient (Wildman–Crippen LogP) is 4.35. The summed E-state index contributed by atoms with van der Waals surface area (Å²) in [4.78, 5) is 12.2. The molecular weight excluding hydrogens is 373 g/mol. The van der Waals surface area contributed by atoms with Crippen LogP contribution in [0.3, 0.4) is 0 Å². The summed E-state index contributed by atoms with van der Waals surface area (Å²) in [6.45, 7) is 1.51. The number of benzene rings is 1. The van der Waals surface area contributed by atoms with Crippen molar-refractivity contribution in [3.05, 3.63) is 52.6 Å². The minimum absolute atomic E-state index is 0.0165. The van der Waals surface area contributed by atoms with Crippen molar-refractivity contribution in [1.29, 1.82) is 0 Å². The molecule has 146 valence electrons. The first-order chi connectivity index (χ1) is 12.7. The van der Waals surface area contributed by atoms with E-state index in [0.717, 1.165) is 18.3 Å². The Morgan fingerprint density at radius 2 is 2.11 bits per heavy atom. The average molecular weight is 389 g/mol. The number of carbonyl (C=O) groups is 1. The number of esters is 1. The van der Waals surface area contributed by atoms with Crippen LogP contribution in [0.1, 0.15) is 53.1 Å². The molecule has 1 unspecified atom stereocenters. The van der Waals surface area contributed by atoms with Crippen LogP contribution >= 0.6 is 0 Å². The van der Waals surface area contributed by atoms with Crippen molar-refractivity contribution in [2.75, 3.05) is 6.61 Å². The van der Waals surface area contributed by atoms with Crippen LogP contribution in [0.15, 0.2) is 24.4 Å². The minimum Gasteiger partial charge on any atom is -0.462 e. The molecule has 0 radical (unpaired) electrons. The number of aliphatic hydroxyl groups excluding tert-OH is 1. The molecule has 1 N–H and O–H groups in total. The summed E-state index contributed by atoms with van der Waals surface area (Å²) in [7, 11) is 0. The van der Waals surface area contributed by atoms with Gasteiger partial charge in [0.15, 0.2) is 0 Å². The van der Waals surface area contributed by atoms with Crippen LogP contribution in [0.25, 0.3) is 5.69 Å². The molecule has 1 aliphatic rings. The number of aliphatic hydroxyl groups is 1. The van der Waals surface area contributed by atoms with Gasteiger partial charge in [-0.2, -0.15) is 0 Å². The van der Waals surface area contributed by atoms with Crippen LogP contribution in [-0.4, -0.2) is 28.2 Å². The summed E-state index contributed by atoms with van der Waals surface area (Å²) in [6.07, 6.45) is -5.06. The second kappa shape index (κ2) is 6.95. The molecule has 0 fully saturated rings. The second-order valence-corrected chi connectivity index (χ2v) is 6.16. The van der Waals surface area contributed by atoms with Gasteiger partial charge < -0.3 is 14.4 Å². The number of carbonyl (C=O) groups excluding carboxylic acids is 1. The first-order valence-electron chi connectivity index (χ1n) is 8.22. The lowest BCUT2D eigenvalue weighted by molar-refractivity contribution is -0.122. The van der Waals surface area contributed by atoms with Crippen molar-refractivity contribution < 1.29 is 36.6 Å². The maximum Gasteiger partial charge on any atom is 0.340 e. The Hall–Kier alpha value is -2.42. The summed E-state index contributed by atoms with van der Waals surface area (Å²) >= 11 is 0. The molecule has 27 heavy (non-hydrogen) atoms. The van der Waals surface area contributed by atoms with Gasteiger partial charge in [0, 0.05) is 29.6 Å². The third-order valence-corrected chi connectivity index (χ3v) is 4.51. The highest BCUT2D eigenvalue weighted by Crippen LogP contribution is 2.44. The zero-order valence-electron chi connectivity index (χ0n) is 14.2. The fourth-order valence-corrected chi connectivity index (χ4v) is 3.21. The fourth-order valence-electron chi connectivity index (χ4n) is 3.21. The number of nitrogens with zero attached hydrogens (tertiary/aromatic N) is 1. The van der Waals surface area contributed by atoms with Gasteiger partial charge in [0.1, 0.15) is 11.9 Å². The van der Waals surface area contributed by atoms with E-state index in [1.807, 2.05) is 0 Å². The minimum atomic E-state index is -3.45. The number of hydrogen-bond donors (Lipinski definition) is 1. The lowest BCUT2D eigenvalue weighted by Gasteiger charge is -2.29. The van der Waals surface area contributed by atoms with Crippen LogP contribution in [0.2, 0.25) is 0 Å². The Morgan fingerprint density at radius 3 is 2.74 bits per heavy atom. The SMILES string of the molecule is CCOC(=O)c1cn(-c2ccc(F)c(C(F)F)c2)c2c1C(O)C(F)(F)CC2. The van der Waals surface area contributed by atoms with Crippen molar-refractivity contribution in [1.82, 2.24) is 4.57 Å². The maximum atomic E-state index is 14.0. The van der Waals surface area contributed by atoms with Crippen LogP contribution < -0.4 is 0 Å². The molecular formula is C18H16F5NO3. The Kier molecular flexibility index (Phi) is 4.98. The first-order valence-corrected chi connectivity index (χ1v) is 8.22. The average Bonchev–Trinajstić information content (AvgIpc) is 2.99. The maximum absolute atomic E-state index is 14.0. The van der Waals surface area contributed by atoms with Crippen LogP contribution in [0.4, 0.5) is 22.0 Å². The molecule has 1 heterocycles. The van der Waals surface area contributed by atoms with Crippen molar-refractivity contribution in [2.45, 2.75) is 38.2 Å². The van der Waals surface area contributed by atoms with Gasteiger partial charge in [-0.25, -0.2) is 26.7 Å². The van der Waals surface area contributed by atoms with E-state index in [1.54, 1.807) is 0 Å². The molecule has 0 aliphatic heterocycles. The van der Waals surface area contributed by atoms with Crippen molar-refractivity contribution in [3.63, 3.8) is 0 Å². The van der Waals surface area contributed by atoms with Crippen molar-refractivity contribution in [3.8, 4) is 5.69 Å². The largest absolute Gasteiger partial charge is 0.462 e. The summed E-state index contributed by atoms with van der Waals surface area (Å²) in [5.74, 6) is -5.47. The highest BCUT2D eigenvalue weighted by Gasteiger charge is 2.47. The lowest BCUT2D eigenvalue weighted by atomic mass is 9.89. The summed E-state index contributed by atoms with van der Waals surface area (Å²) < 4.78 is 73.6. The standard InChI is InChI=1S/C18H16F5NO3/c1-2-27-17(26)11-8-24(9-3-4-12(19)10(7-9)16(20)21)13-5-6-18(22,23)15(25)14(11)13/h3-4,7-8,15-16,25H,2,5-6H2,1H3. The Morgan fingerprint density at radius 1 is 1.41 bits per heavy atom. The molecule has 0 saturated heterocycles. The Balaban J connectivity index is 2.20. The van der Waals surface area contributed by atoms with Crippen LogP contribution in [-0.2, 0) is 11.2 Å². The van der Waals surface area contributed by atoms with Crippen LogP contribution in [0, 0.1) is 5.82 Å². The predicted molar refractivity (Wildman–Crippen MR) is 84.9 cm³/mol. The third kappa shape index (κ3) is 3.31. The highest BCUT2D eigenvalue weighted by molar-refractivity contribution is 5.92. The van der Waals surface area contributed by atoms with Gasteiger partial charge in [-0.15, -0.1) is 0 Å². The second-order valence-electron chi connectivity index (χ2n) is 6.16. The number of hydrogen-bond acceptors (Lipinski definition) is 3. The molecule has 0 amide bonds. The van der Waals surface area contributed by atoms with E-state index in [9.17, 15) is 31.9 Å². The normalized spacial score (nSPS) is 18.4. The molecule has 1 aliphatic carbocycles. The van der Waals surface area contributed by atoms with E-state index in [0.29, 0.717) is 0 Å². The third-order valence-electron chi connectivity index (χ3n) is 4.51. The number of alkyl halides is 4. The van der Waals surface area contributed by atoms with Crippen LogP contribution in [0.5, 0.6) is 0 Å². The number of ether oxygens (including phenoxy) is 1.